The van der Waals surface area contributed by atoms with Gasteiger partial charge >= 0.3 is 5.69 Å². The maximum Gasteiger partial charge on any atom is 0.351 e. The average molecular weight is 367 g/mol. The highest BCUT2D eigenvalue weighted by Crippen LogP contribution is 2.28. The Balaban J connectivity index is 1.85. The summed E-state index contributed by atoms with van der Waals surface area (Å²) >= 11 is 0. The largest absolute Gasteiger partial charge is 0.388 e. The number of rotatable bonds is 3. The summed E-state index contributed by atoms with van der Waals surface area (Å²) < 4.78 is 33.1. The molecule has 0 spiro atoms. The monoisotopic (exact) mass is 367 g/mol. The quantitative estimate of drug-likeness (QED) is 0.724. The minimum absolute atomic E-state index is 0.0447. The van der Waals surface area contributed by atoms with Gasteiger partial charge in [-0.3, -0.25) is 9.36 Å². The number of hydrogen-bond donors (Lipinski definition) is 3. The molecule has 2 heterocycles. The van der Waals surface area contributed by atoms with E-state index in [1.807, 2.05) is 0 Å². The molecule has 26 heavy (non-hydrogen) atoms. The molecule has 1 aromatic carbocycles. The lowest BCUT2D eigenvalue weighted by Gasteiger charge is -2.17. The summed E-state index contributed by atoms with van der Waals surface area (Å²) in [4.78, 5) is 27.6. The van der Waals surface area contributed by atoms with Gasteiger partial charge in [0.1, 0.15) is 18.0 Å². The summed E-state index contributed by atoms with van der Waals surface area (Å²) in [6.45, 7) is 1.49. The van der Waals surface area contributed by atoms with Crippen LogP contribution >= 0.6 is 0 Å². The van der Waals surface area contributed by atoms with Crippen molar-refractivity contribution in [3.63, 3.8) is 0 Å². The Kier molecular flexibility index (Phi) is 4.81. The van der Waals surface area contributed by atoms with Crippen molar-refractivity contribution in [3.05, 3.63) is 58.1 Å². The maximum absolute atomic E-state index is 14.2. The zero-order chi connectivity index (χ0) is 19.0. The molecule has 1 amide bonds. The highest BCUT2D eigenvalue weighted by Gasteiger charge is 2.42. The number of hydrogen-bond acceptors (Lipinski definition) is 6. The third-order valence-electron chi connectivity index (χ3n) is 4.00. The SMILES string of the molecule is C[C@H]1O[C@@H](n2cc(F)c(NC(=O)c3ccc(F)cc3)nc2=O)C(O)C1O. The fourth-order valence-electron chi connectivity index (χ4n) is 2.55. The number of carbonyl (C=O) groups excluding carboxylic acids is 1. The fraction of sp³-hybridized carbons (Fsp3) is 0.312. The Hall–Kier alpha value is -2.69. The first kappa shape index (κ1) is 18.1. The maximum atomic E-state index is 14.2. The van der Waals surface area contributed by atoms with Crippen molar-refractivity contribution in [2.75, 3.05) is 5.32 Å². The van der Waals surface area contributed by atoms with E-state index in [0.29, 0.717) is 10.8 Å². The molecule has 0 bridgehead atoms. The Morgan fingerprint density at radius 2 is 1.88 bits per heavy atom. The van der Waals surface area contributed by atoms with Crippen molar-refractivity contribution < 1.29 is 28.5 Å². The molecule has 0 radical (unpaired) electrons. The molecule has 138 valence electrons. The molecule has 2 aromatic rings. The minimum Gasteiger partial charge on any atom is -0.388 e. The summed E-state index contributed by atoms with van der Waals surface area (Å²) in [7, 11) is 0. The van der Waals surface area contributed by atoms with Crippen LogP contribution in [0.2, 0.25) is 0 Å². The number of aromatic nitrogens is 2. The Bertz CT molecular complexity index is 886. The predicted octanol–water partition coefficient (Wildman–Crippen LogP) is 0.413. The van der Waals surface area contributed by atoms with Gasteiger partial charge < -0.3 is 20.3 Å². The van der Waals surface area contributed by atoms with Gasteiger partial charge in [-0.1, -0.05) is 0 Å². The normalized spacial score (nSPS) is 25.3. The van der Waals surface area contributed by atoms with Crippen molar-refractivity contribution in [2.24, 2.45) is 0 Å². The van der Waals surface area contributed by atoms with Crippen molar-refractivity contribution >= 4 is 11.7 Å². The number of halogens is 2. The van der Waals surface area contributed by atoms with Crippen molar-refractivity contribution in [1.82, 2.24) is 9.55 Å². The molecule has 4 atom stereocenters. The highest BCUT2D eigenvalue weighted by molar-refractivity contribution is 6.03. The van der Waals surface area contributed by atoms with Crippen LogP contribution in [-0.4, -0.2) is 44.0 Å². The second-order valence-electron chi connectivity index (χ2n) is 5.80. The number of nitrogens with zero attached hydrogens (tertiary/aromatic N) is 2. The van der Waals surface area contributed by atoms with E-state index in [4.69, 9.17) is 4.74 Å². The standard InChI is InChI=1S/C16H15F2N3O5/c1-7-11(22)12(23)15(26-7)21-6-10(18)13(20-16(21)25)19-14(24)8-2-4-9(17)5-3-8/h2-7,11-12,15,22-23H,1H3,(H,19,20,24,25)/t7-,11?,12?,15-/m1/s1. The summed E-state index contributed by atoms with van der Waals surface area (Å²) in [5.41, 5.74) is -0.950. The Morgan fingerprint density at radius 1 is 1.23 bits per heavy atom. The lowest BCUT2D eigenvalue weighted by molar-refractivity contribution is -0.0355. The summed E-state index contributed by atoms with van der Waals surface area (Å²) in [5, 5.41) is 21.7. The number of aliphatic hydroxyl groups is 2. The molecule has 1 aliphatic rings. The van der Waals surface area contributed by atoms with Gasteiger partial charge in [-0.15, -0.1) is 0 Å². The van der Waals surface area contributed by atoms with Crippen LogP contribution in [-0.2, 0) is 4.74 Å². The van der Waals surface area contributed by atoms with Crippen LogP contribution in [0.3, 0.4) is 0 Å². The van der Waals surface area contributed by atoms with E-state index in [9.17, 15) is 28.6 Å². The first-order valence-electron chi connectivity index (χ1n) is 7.65. The zero-order valence-corrected chi connectivity index (χ0v) is 13.5. The number of carbonyl (C=O) groups is 1. The molecule has 10 heteroatoms. The first-order valence-corrected chi connectivity index (χ1v) is 7.65. The van der Waals surface area contributed by atoms with Crippen molar-refractivity contribution in [1.29, 1.82) is 0 Å². The second-order valence-corrected chi connectivity index (χ2v) is 5.80. The minimum atomic E-state index is -1.44. The third-order valence-corrected chi connectivity index (χ3v) is 4.00. The second kappa shape index (κ2) is 6.90. The lowest BCUT2D eigenvalue weighted by atomic mass is 10.1. The van der Waals surface area contributed by atoms with Crippen LogP contribution in [0.4, 0.5) is 14.6 Å². The Labute approximate surface area is 145 Å². The van der Waals surface area contributed by atoms with Crippen LogP contribution in [0.25, 0.3) is 0 Å². The van der Waals surface area contributed by atoms with E-state index in [2.05, 4.69) is 10.3 Å². The number of anilines is 1. The number of aliphatic hydroxyl groups excluding tert-OH is 2. The van der Waals surface area contributed by atoms with Gasteiger partial charge in [0, 0.05) is 5.56 Å². The van der Waals surface area contributed by atoms with Gasteiger partial charge in [-0.05, 0) is 31.2 Å². The van der Waals surface area contributed by atoms with Crippen LogP contribution in [0.15, 0.2) is 35.3 Å². The third kappa shape index (κ3) is 3.34. The molecule has 1 saturated heterocycles. The molecular weight excluding hydrogens is 352 g/mol. The van der Waals surface area contributed by atoms with Gasteiger partial charge in [0.2, 0.25) is 0 Å². The van der Waals surface area contributed by atoms with Gasteiger partial charge in [-0.25, -0.2) is 13.6 Å². The van der Waals surface area contributed by atoms with E-state index >= 15 is 0 Å². The summed E-state index contributed by atoms with van der Waals surface area (Å²) in [5.74, 6) is -3.00. The number of benzene rings is 1. The highest BCUT2D eigenvalue weighted by atomic mass is 19.1. The molecule has 3 rings (SSSR count). The molecular formula is C16H15F2N3O5. The number of amides is 1. The fourth-order valence-corrected chi connectivity index (χ4v) is 2.55. The van der Waals surface area contributed by atoms with Crippen LogP contribution in [0.1, 0.15) is 23.5 Å². The topological polar surface area (TPSA) is 114 Å². The Morgan fingerprint density at radius 3 is 2.46 bits per heavy atom. The van der Waals surface area contributed by atoms with Crippen LogP contribution < -0.4 is 11.0 Å². The van der Waals surface area contributed by atoms with Gasteiger partial charge in [0.15, 0.2) is 17.9 Å². The molecule has 0 saturated carbocycles. The molecule has 2 unspecified atom stereocenters. The van der Waals surface area contributed by atoms with Crippen LogP contribution in [0.5, 0.6) is 0 Å². The zero-order valence-electron chi connectivity index (χ0n) is 13.5. The van der Waals surface area contributed by atoms with E-state index in [-0.39, 0.29) is 5.56 Å². The number of nitrogens with one attached hydrogen (secondary N) is 1. The molecule has 1 aliphatic heterocycles. The summed E-state index contributed by atoms with van der Waals surface area (Å²) in [6, 6.07) is 4.49. The smallest absolute Gasteiger partial charge is 0.351 e. The van der Waals surface area contributed by atoms with Gasteiger partial charge in [0.05, 0.1) is 12.3 Å². The number of ether oxygens (including phenoxy) is 1. The van der Waals surface area contributed by atoms with Crippen molar-refractivity contribution in [2.45, 2.75) is 31.5 Å². The molecule has 8 nitrogen and oxygen atoms in total. The predicted molar refractivity (Wildman–Crippen MR) is 84.4 cm³/mol. The molecule has 3 N–H and O–H groups in total. The van der Waals surface area contributed by atoms with E-state index < -0.39 is 53.6 Å². The van der Waals surface area contributed by atoms with Gasteiger partial charge in [0.25, 0.3) is 5.91 Å². The van der Waals surface area contributed by atoms with E-state index in [0.717, 1.165) is 12.1 Å². The van der Waals surface area contributed by atoms with Crippen LogP contribution in [0, 0.1) is 11.6 Å². The average Bonchev–Trinajstić information content (AvgIpc) is 2.85. The summed E-state index contributed by atoms with van der Waals surface area (Å²) in [6.07, 6.45) is -4.04. The van der Waals surface area contributed by atoms with Gasteiger partial charge in [-0.2, -0.15) is 4.98 Å². The van der Waals surface area contributed by atoms with Crippen molar-refractivity contribution in [3.8, 4) is 0 Å². The van der Waals surface area contributed by atoms with E-state index in [1.54, 1.807) is 0 Å². The molecule has 1 fully saturated rings. The lowest BCUT2D eigenvalue weighted by Crippen LogP contribution is -2.36. The molecule has 1 aromatic heterocycles. The molecule has 0 aliphatic carbocycles. The first-order chi connectivity index (χ1) is 12.3. The van der Waals surface area contributed by atoms with E-state index in [1.165, 1.54) is 19.1 Å².